The standard InChI is InChI=1S/C7H8.H2OSi/c1-7-5-3-2-4-6-7;1-2/h2-6H,1H3;2H2. The van der Waals surface area contributed by atoms with E-state index in [4.69, 9.17) is 4.46 Å². The average molecular weight is 138 g/mol. The zero-order valence-electron chi connectivity index (χ0n) is 5.50. The first kappa shape index (κ1) is 8.24. The third-order valence-electron chi connectivity index (χ3n) is 0.940. The van der Waals surface area contributed by atoms with Crippen LogP contribution in [0.2, 0.25) is 0 Å². The molecule has 0 spiro atoms. The number of hydrogen-bond acceptors (Lipinski definition) is 1. The van der Waals surface area contributed by atoms with E-state index >= 15 is 0 Å². The summed E-state index contributed by atoms with van der Waals surface area (Å²) in [5.41, 5.74) is 1.32. The van der Waals surface area contributed by atoms with Crippen LogP contribution in [0.15, 0.2) is 30.3 Å². The Labute approximate surface area is 58.2 Å². The molecular weight excluding hydrogens is 128 g/mol. The van der Waals surface area contributed by atoms with Gasteiger partial charge in [0.15, 0.2) is 0 Å². The highest BCUT2D eigenvalue weighted by Gasteiger charge is 1.72. The van der Waals surface area contributed by atoms with Crippen LogP contribution in [0.3, 0.4) is 0 Å². The largest absolute Gasteiger partial charge is 0.396 e. The van der Waals surface area contributed by atoms with Crippen molar-refractivity contribution < 1.29 is 4.46 Å². The molecule has 0 aliphatic carbocycles. The minimum absolute atomic E-state index is 0.611. The molecule has 1 rings (SSSR count). The van der Waals surface area contributed by atoms with Gasteiger partial charge < -0.3 is 4.46 Å². The van der Waals surface area contributed by atoms with Crippen LogP contribution >= 0.6 is 0 Å². The van der Waals surface area contributed by atoms with Crippen molar-refractivity contribution in [1.29, 1.82) is 0 Å². The first-order valence-electron chi connectivity index (χ1n) is 2.70. The third kappa shape index (κ3) is 3.79. The topological polar surface area (TPSA) is 17.1 Å². The molecule has 2 heteroatoms. The van der Waals surface area contributed by atoms with Crippen LogP contribution in [0, 0.1) is 6.92 Å². The maximum absolute atomic E-state index is 8.28. The minimum Gasteiger partial charge on any atom is -0.396 e. The van der Waals surface area contributed by atoms with Crippen LogP contribution < -0.4 is 0 Å². The van der Waals surface area contributed by atoms with Gasteiger partial charge in [0.05, 0.1) is 0 Å². The normalized spacial score (nSPS) is 7.22. The molecule has 0 saturated carbocycles. The molecule has 0 heterocycles. The number of aryl methyl sites for hydroxylation is 1. The molecule has 1 aromatic rings. The van der Waals surface area contributed by atoms with Gasteiger partial charge in [0.25, 0.3) is 0 Å². The molecule has 48 valence electrons. The highest BCUT2D eigenvalue weighted by atomic mass is 28.1. The lowest BCUT2D eigenvalue weighted by Gasteiger charge is -1.82. The lowest BCUT2D eigenvalue weighted by atomic mass is 10.2. The van der Waals surface area contributed by atoms with E-state index in [1.54, 1.807) is 0 Å². The van der Waals surface area contributed by atoms with E-state index in [2.05, 4.69) is 19.1 Å². The molecule has 0 atom stereocenters. The van der Waals surface area contributed by atoms with Crippen LogP contribution in [0.25, 0.3) is 0 Å². The molecule has 1 aromatic carbocycles. The lowest BCUT2D eigenvalue weighted by Crippen LogP contribution is -1.62. The molecular formula is C7H10OSi. The van der Waals surface area contributed by atoms with Gasteiger partial charge in [0, 0.05) is 0 Å². The molecule has 0 radical (unpaired) electrons. The summed E-state index contributed by atoms with van der Waals surface area (Å²) in [6, 6.07) is 10.3. The average Bonchev–Trinajstić information content (AvgIpc) is 1.94. The first-order chi connectivity index (χ1) is 4.39. The Balaban J connectivity index is 0.000000291. The maximum Gasteiger partial charge on any atom is 0.245 e. The number of benzene rings is 1. The van der Waals surface area contributed by atoms with Crippen molar-refractivity contribution in [3.8, 4) is 0 Å². The molecule has 0 bridgehead atoms. The molecule has 0 aliphatic heterocycles. The summed E-state index contributed by atoms with van der Waals surface area (Å²) in [6.07, 6.45) is 0. The van der Waals surface area contributed by atoms with Crippen LogP contribution in [0.4, 0.5) is 0 Å². The summed E-state index contributed by atoms with van der Waals surface area (Å²) >= 11 is 0. The van der Waals surface area contributed by atoms with Crippen molar-refractivity contribution in [2.45, 2.75) is 6.92 Å². The van der Waals surface area contributed by atoms with Gasteiger partial charge in [-0.25, -0.2) is 0 Å². The van der Waals surface area contributed by atoms with Crippen molar-refractivity contribution in [2.24, 2.45) is 0 Å². The van der Waals surface area contributed by atoms with E-state index in [9.17, 15) is 0 Å². The van der Waals surface area contributed by atoms with Crippen LogP contribution in [0.1, 0.15) is 5.56 Å². The zero-order valence-corrected chi connectivity index (χ0v) is 6.92. The van der Waals surface area contributed by atoms with E-state index < -0.39 is 0 Å². The quantitative estimate of drug-likeness (QED) is 0.488. The Morgan fingerprint density at radius 2 is 1.56 bits per heavy atom. The minimum atomic E-state index is 0.611. The number of rotatable bonds is 0. The van der Waals surface area contributed by atoms with Crippen LogP contribution in [-0.2, 0) is 4.46 Å². The molecule has 0 N–H and O–H groups in total. The second kappa shape index (κ2) is 5.38. The highest BCUT2D eigenvalue weighted by molar-refractivity contribution is 5.85. The van der Waals surface area contributed by atoms with Crippen molar-refractivity contribution in [2.75, 3.05) is 0 Å². The highest BCUT2D eigenvalue weighted by Crippen LogP contribution is 1.92. The predicted octanol–water partition coefficient (Wildman–Crippen LogP) is 0.960. The smallest absolute Gasteiger partial charge is 0.245 e. The Hall–Kier alpha value is -0.763. The molecule has 0 fully saturated rings. The second-order valence-electron chi connectivity index (χ2n) is 1.65. The van der Waals surface area contributed by atoms with E-state index in [0.29, 0.717) is 10.1 Å². The summed E-state index contributed by atoms with van der Waals surface area (Å²) in [4.78, 5) is 0. The fourth-order valence-electron chi connectivity index (χ4n) is 0.534. The lowest BCUT2D eigenvalue weighted by molar-refractivity contribution is 0.590. The van der Waals surface area contributed by atoms with Gasteiger partial charge in [0.1, 0.15) is 0 Å². The Morgan fingerprint density at radius 1 is 1.11 bits per heavy atom. The van der Waals surface area contributed by atoms with Gasteiger partial charge in [-0.3, -0.25) is 0 Å². The van der Waals surface area contributed by atoms with Crippen LogP contribution in [0.5, 0.6) is 0 Å². The molecule has 0 amide bonds. The maximum atomic E-state index is 8.28. The SMILES string of the molecule is Cc1ccccc1.O=[SiH2]. The van der Waals surface area contributed by atoms with Gasteiger partial charge in [-0.05, 0) is 6.92 Å². The summed E-state index contributed by atoms with van der Waals surface area (Å²) in [5.74, 6) is 0. The van der Waals surface area contributed by atoms with Gasteiger partial charge in [0.2, 0.25) is 10.1 Å². The molecule has 0 unspecified atom stereocenters. The van der Waals surface area contributed by atoms with E-state index in [0.717, 1.165) is 0 Å². The Morgan fingerprint density at radius 3 is 1.78 bits per heavy atom. The fraction of sp³-hybridized carbons (Fsp3) is 0.143. The molecule has 0 saturated heterocycles. The van der Waals surface area contributed by atoms with Crippen LogP contribution in [-0.4, -0.2) is 10.1 Å². The summed E-state index contributed by atoms with van der Waals surface area (Å²) in [5, 5.41) is 0. The second-order valence-corrected chi connectivity index (χ2v) is 1.65. The van der Waals surface area contributed by atoms with Gasteiger partial charge >= 0.3 is 0 Å². The molecule has 0 aliphatic rings. The van der Waals surface area contributed by atoms with Crippen molar-refractivity contribution in [3.05, 3.63) is 35.9 Å². The van der Waals surface area contributed by atoms with Crippen molar-refractivity contribution in [3.63, 3.8) is 0 Å². The van der Waals surface area contributed by atoms with Crippen molar-refractivity contribution >= 4 is 10.1 Å². The van der Waals surface area contributed by atoms with E-state index in [1.165, 1.54) is 5.56 Å². The Kier molecular flexibility index (Phi) is 4.92. The molecule has 9 heavy (non-hydrogen) atoms. The van der Waals surface area contributed by atoms with E-state index in [-0.39, 0.29) is 0 Å². The van der Waals surface area contributed by atoms with Gasteiger partial charge in [-0.2, -0.15) is 0 Å². The third-order valence-corrected chi connectivity index (χ3v) is 0.940. The summed E-state index contributed by atoms with van der Waals surface area (Å²) in [6.45, 7) is 2.08. The van der Waals surface area contributed by atoms with Crippen molar-refractivity contribution in [1.82, 2.24) is 0 Å². The number of hydrogen-bond donors (Lipinski definition) is 0. The zero-order chi connectivity index (χ0) is 7.11. The monoisotopic (exact) mass is 138 g/mol. The summed E-state index contributed by atoms with van der Waals surface area (Å²) < 4.78 is 8.28. The summed E-state index contributed by atoms with van der Waals surface area (Å²) in [7, 11) is 0.611. The fourth-order valence-corrected chi connectivity index (χ4v) is 0.534. The Bertz CT molecular complexity index is 150. The molecule has 0 aromatic heterocycles. The van der Waals surface area contributed by atoms with E-state index in [1.807, 2.05) is 18.2 Å². The van der Waals surface area contributed by atoms with Gasteiger partial charge in [-0.15, -0.1) is 0 Å². The molecule has 1 nitrogen and oxygen atoms in total. The predicted molar refractivity (Wildman–Crippen MR) is 40.4 cm³/mol. The first-order valence-corrected chi connectivity index (χ1v) is 3.28. The van der Waals surface area contributed by atoms with Gasteiger partial charge in [-0.1, -0.05) is 35.9 Å².